The third-order valence-electron chi connectivity index (χ3n) is 3.29. The van der Waals surface area contributed by atoms with Gasteiger partial charge in [0.25, 0.3) is 5.91 Å². The van der Waals surface area contributed by atoms with Gasteiger partial charge in [-0.1, -0.05) is 0 Å². The number of carbonyl (C=O) groups is 2. The van der Waals surface area contributed by atoms with Crippen LogP contribution in [0.4, 0.5) is 8.78 Å². The molecule has 0 saturated carbocycles. The van der Waals surface area contributed by atoms with Crippen LogP contribution >= 0.6 is 0 Å². The molecule has 0 unspecified atom stereocenters. The van der Waals surface area contributed by atoms with Crippen LogP contribution in [0.2, 0.25) is 0 Å². The number of likely N-dealkylation sites (tertiary alicyclic amines) is 1. The predicted molar refractivity (Wildman–Crippen MR) is 64.9 cm³/mol. The summed E-state index contributed by atoms with van der Waals surface area (Å²) in [6, 6.07) is 3.53. The van der Waals surface area contributed by atoms with Crippen LogP contribution in [0, 0.1) is 5.82 Å². The molecule has 0 aliphatic carbocycles. The number of hydrogen-bond donors (Lipinski definition) is 1. The van der Waals surface area contributed by atoms with Crippen molar-refractivity contribution in [3.8, 4) is 5.75 Å². The number of carbonyl (C=O) groups excluding carboxylic acids is 1. The van der Waals surface area contributed by atoms with Crippen molar-refractivity contribution in [3.63, 3.8) is 0 Å². The van der Waals surface area contributed by atoms with Gasteiger partial charge in [-0.15, -0.1) is 0 Å². The lowest BCUT2D eigenvalue weighted by molar-refractivity contribution is -0.149. The zero-order valence-electron chi connectivity index (χ0n) is 10.7. The molecule has 0 aromatic heterocycles. The van der Waals surface area contributed by atoms with Gasteiger partial charge in [-0.25, -0.2) is 13.6 Å². The molecule has 2 rings (SSSR count). The molecule has 1 aliphatic rings. The van der Waals surface area contributed by atoms with Crippen molar-refractivity contribution in [2.45, 2.75) is 12.1 Å². The fourth-order valence-electron chi connectivity index (χ4n) is 2.10. The van der Waals surface area contributed by atoms with E-state index >= 15 is 0 Å². The molecule has 0 radical (unpaired) electrons. The molecular weight excluding hydrogens is 272 g/mol. The molecule has 1 saturated heterocycles. The fraction of sp³-hybridized carbons (Fsp3) is 0.385. The molecule has 7 heteroatoms. The second kappa shape index (κ2) is 5.07. The molecular formula is C13H13F2NO4. The van der Waals surface area contributed by atoms with E-state index in [9.17, 15) is 18.4 Å². The van der Waals surface area contributed by atoms with Gasteiger partial charge in [0, 0.05) is 18.5 Å². The number of aliphatic carboxylic acids is 1. The Morgan fingerprint density at radius 1 is 1.45 bits per heavy atom. The molecule has 20 heavy (non-hydrogen) atoms. The number of carboxylic acids is 1. The van der Waals surface area contributed by atoms with Gasteiger partial charge in [-0.05, 0) is 18.2 Å². The Hall–Kier alpha value is -2.18. The van der Waals surface area contributed by atoms with Crippen molar-refractivity contribution in [1.29, 1.82) is 0 Å². The van der Waals surface area contributed by atoms with E-state index in [0.29, 0.717) is 0 Å². The van der Waals surface area contributed by atoms with E-state index in [1.54, 1.807) is 0 Å². The highest BCUT2D eigenvalue weighted by atomic mass is 19.1. The monoisotopic (exact) mass is 285 g/mol. The first-order valence-corrected chi connectivity index (χ1v) is 5.92. The van der Waals surface area contributed by atoms with Gasteiger partial charge < -0.3 is 14.7 Å². The maximum absolute atomic E-state index is 13.9. The number of rotatable bonds is 3. The highest BCUT2D eigenvalue weighted by molar-refractivity contribution is 5.95. The van der Waals surface area contributed by atoms with Crippen molar-refractivity contribution in [3.05, 3.63) is 29.6 Å². The van der Waals surface area contributed by atoms with E-state index in [-0.39, 0.29) is 24.3 Å². The van der Waals surface area contributed by atoms with Crippen LogP contribution in [-0.4, -0.2) is 47.8 Å². The number of nitrogens with zero attached hydrogens (tertiary/aromatic N) is 1. The van der Waals surface area contributed by atoms with E-state index in [1.807, 2.05) is 0 Å². The summed E-state index contributed by atoms with van der Waals surface area (Å²) in [5.41, 5.74) is -2.29. The Balaban J connectivity index is 2.19. The smallest absolute Gasteiger partial charge is 0.343 e. The third-order valence-corrected chi connectivity index (χ3v) is 3.29. The van der Waals surface area contributed by atoms with Crippen molar-refractivity contribution in [2.75, 3.05) is 20.2 Å². The second-order valence-electron chi connectivity index (χ2n) is 4.60. The van der Waals surface area contributed by atoms with Gasteiger partial charge >= 0.3 is 5.97 Å². The molecule has 1 aromatic carbocycles. The molecule has 0 spiro atoms. The summed E-state index contributed by atoms with van der Waals surface area (Å²) >= 11 is 0. The SMILES string of the molecule is COc1cc(C(=O)N2CC[C@@](F)(C(=O)O)C2)ccc1F. The van der Waals surface area contributed by atoms with E-state index in [1.165, 1.54) is 19.2 Å². The number of halogens is 2. The minimum Gasteiger partial charge on any atom is -0.494 e. The zero-order chi connectivity index (χ0) is 14.9. The number of carboxylic acid groups (broad SMARTS) is 1. The largest absolute Gasteiger partial charge is 0.494 e. The lowest BCUT2D eigenvalue weighted by Gasteiger charge is -2.18. The normalized spacial score (nSPS) is 21.9. The van der Waals surface area contributed by atoms with Crippen molar-refractivity contribution in [1.82, 2.24) is 4.90 Å². The van der Waals surface area contributed by atoms with Crippen LogP contribution < -0.4 is 4.74 Å². The molecule has 1 aliphatic heterocycles. The van der Waals surface area contributed by atoms with Gasteiger partial charge in [0.05, 0.1) is 13.7 Å². The van der Waals surface area contributed by atoms with E-state index < -0.39 is 29.9 Å². The molecule has 1 N–H and O–H groups in total. The average molecular weight is 285 g/mol. The lowest BCUT2D eigenvalue weighted by Crippen LogP contribution is -2.38. The predicted octanol–water partition coefficient (Wildman–Crippen LogP) is 1.47. The summed E-state index contributed by atoms with van der Waals surface area (Å²) in [6.07, 6.45) is -0.258. The second-order valence-corrected chi connectivity index (χ2v) is 4.60. The number of hydrogen-bond acceptors (Lipinski definition) is 3. The summed E-state index contributed by atoms with van der Waals surface area (Å²) in [4.78, 5) is 24.0. The lowest BCUT2D eigenvalue weighted by atomic mass is 10.1. The van der Waals surface area contributed by atoms with Crippen LogP contribution in [0.5, 0.6) is 5.75 Å². The average Bonchev–Trinajstić information content (AvgIpc) is 2.82. The summed E-state index contributed by atoms with van der Waals surface area (Å²) < 4.78 is 31.9. The van der Waals surface area contributed by atoms with Crippen molar-refractivity contribution < 1.29 is 28.2 Å². The number of methoxy groups -OCH3 is 1. The molecule has 1 atom stereocenters. The van der Waals surface area contributed by atoms with Crippen molar-refractivity contribution >= 4 is 11.9 Å². The molecule has 5 nitrogen and oxygen atoms in total. The third kappa shape index (κ3) is 2.43. The molecule has 1 heterocycles. The standard InChI is InChI=1S/C13H13F2NO4/c1-20-10-6-8(2-3-9(10)14)11(17)16-5-4-13(15,7-16)12(18)19/h2-3,6H,4-5,7H2,1H3,(H,18,19)/t13-/m0/s1. The van der Waals surface area contributed by atoms with Crippen LogP contribution in [0.15, 0.2) is 18.2 Å². The maximum Gasteiger partial charge on any atom is 0.343 e. The van der Waals surface area contributed by atoms with Gasteiger partial charge in [0.1, 0.15) is 0 Å². The first-order valence-electron chi connectivity index (χ1n) is 5.92. The maximum atomic E-state index is 13.9. The van der Waals surface area contributed by atoms with Crippen LogP contribution in [0.3, 0.4) is 0 Å². The van der Waals surface area contributed by atoms with E-state index in [4.69, 9.17) is 9.84 Å². The fourth-order valence-corrected chi connectivity index (χ4v) is 2.10. The van der Waals surface area contributed by atoms with E-state index in [2.05, 4.69) is 0 Å². The van der Waals surface area contributed by atoms with Gasteiger partial charge in [0.2, 0.25) is 5.67 Å². The molecule has 0 bridgehead atoms. The van der Waals surface area contributed by atoms with Crippen LogP contribution in [0.25, 0.3) is 0 Å². The van der Waals surface area contributed by atoms with Gasteiger partial charge in [0.15, 0.2) is 11.6 Å². The van der Waals surface area contributed by atoms with E-state index in [0.717, 1.165) is 11.0 Å². The Kier molecular flexibility index (Phi) is 3.61. The minimum atomic E-state index is -2.42. The summed E-state index contributed by atoms with van der Waals surface area (Å²) in [5.74, 6) is -2.84. The molecule has 108 valence electrons. The van der Waals surface area contributed by atoms with Gasteiger partial charge in [-0.3, -0.25) is 4.79 Å². The van der Waals surface area contributed by atoms with Crippen molar-refractivity contribution in [2.24, 2.45) is 0 Å². The number of benzene rings is 1. The van der Waals surface area contributed by atoms with Crippen LogP contribution in [0.1, 0.15) is 16.8 Å². The molecule has 1 aromatic rings. The molecule has 1 fully saturated rings. The Morgan fingerprint density at radius 2 is 2.15 bits per heavy atom. The Bertz CT molecular complexity index is 563. The topological polar surface area (TPSA) is 66.8 Å². The minimum absolute atomic E-state index is 0.00131. The number of ether oxygens (including phenoxy) is 1. The Labute approximate surface area is 113 Å². The Morgan fingerprint density at radius 3 is 2.70 bits per heavy atom. The number of alkyl halides is 1. The first kappa shape index (κ1) is 14.2. The highest BCUT2D eigenvalue weighted by Gasteiger charge is 2.47. The summed E-state index contributed by atoms with van der Waals surface area (Å²) in [5, 5.41) is 8.78. The highest BCUT2D eigenvalue weighted by Crippen LogP contribution is 2.28. The quantitative estimate of drug-likeness (QED) is 0.913. The van der Waals surface area contributed by atoms with Crippen LogP contribution in [-0.2, 0) is 4.79 Å². The summed E-state index contributed by atoms with van der Waals surface area (Å²) in [7, 11) is 1.26. The zero-order valence-corrected chi connectivity index (χ0v) is 10.7. The van der Waals surface area contributed by atoms with Gasteiger partial charge in [-0.2, -0.15) is 0 Å². The summed E-state index contributed by atoms with van der Waals surface area (Å²) in [6.45, 7) is -0.512. The first-order chi connectivity index (χ1) is 9.37. The molecule has 1 amide bonds. The number of amides is 1.